The van der Waals surface area contributed by atoms with Crippen LogP contribution >= 0.6 is 0 Å². The number of hydrogen-bond donors (Lipinski definition) is 1. The third-order valence-electron chi connectivity index (χ3n) is 1.08. The second-order valence-corrected chi connectivity index (χ2v) is 7.37. The van der Waals surface area contributed by atoms with Gasteiger partial charge in [0, 0.05) is 0 Å². The van der Waals surface area contributed by atoms with E-state index in [1.54, 1.807) is 0 Å². The fraction of sp³-hybridized carbons (Fsp3) is 1.00. The predicted octanol–water partition coefficient (Wildman–Crippen LogP) is 1.02. The Morgan fingerprint density at radius 1 is 1.57 bits per heavy atom. The molecular weight excluding hydrogens is 149 g/mol. The molecular formula is C5H14AsN. The summed E-state index contributed by atoms with van der Waals surface area (Å²) in [7, 11) is 0. The standard InChI is InChI=1S/C5H14AsN/c1-4-5(7)6(2)3/h5H,4,7H2,1-3H3. The molecule has 0 radical (unpaired) electrons. The summed E-state index contributed by atoms with van der Waals surface area (Å²) in [6.45, 7) is 2.15. The molecule has 0 fully saturated rings. The van der Waals surface area contributed by atoms with Gasteiger partial charge in [0.1, 0.15) is 0 Å². The molecule has 0 saturated heterocycles. The molecule has 1 nitrogen and oxygen atoms in total. The molecule has 0 spiro atoms. The van der Waals surface area contributed by atoms with Gasteiger partial charge in [-0.3, -0.25) is 0 Å². The van der Waals surface area contributed by atoms with Crippen molar-refractivity contribution in [1.29, 1.82) is 0 Å². The average Bonchev–Trinajstić information content (AvgIpc) is 1.65. The van der Waals surface area contributed by atoms with E-state index in [9.17, 15) is 0 Å². The Morgan fingerprint density at radius 3 is 2.00 bits per heavy atom. The maximum absolute atomic E-state index is 5.68. The van der Waals surface area contributed by atoms with Crippen molar-refractivity contribution in [3.63, 3.8) is 0 Å². The number of hydrogen-bond acceptors (Lipinski definition) is 1. The van der Waals surface area contributed by atoms with Gasteiger partial charge in [-0.2, -0.15) is 0 Å². The first-order chi connectivity index (χ1) is 3.18. The second-order valence-electron chi connectivity index (χ2n) is 1.94. The van der Waals surface area contributed by atoms with Gasteiger partial charge < -0.3 is 0 Å². The fourth-order valence-corrected chi connectivity index (χ4v) is 1.90. The Morgan fingerprint density at radius 2 is 2.00 bits per heavy atom. The van der Waals surface area contributed by atoms with Crippen LogP contribution in [0.3, 0.4) is 0 Å². The third kappa shape index (κ3) is 3.13. The summed E-state index contributed by atoms with van der Waals surface area (Å²) in [5, 5.41) is 0. The van der Waals surface area contributed by atoms with Crippen LogP contribution < -0.4 is 5.73 Å². The first-order valence-corrected chi connectivity index (χ1v) is 7.44. The Labute approximate surface area is 50.5 Å². The molecule has 0 aliphatic heterocycles. The predicted molar refractivity (Wildman–Crippen MR) is 35.7 cm³/mol. The SMILES string of the molecule is CCC(N)[As](C)C. The molecule has 2 N–H and O–H groups in total. The molecule has 1 unspecified atom stereocenters. The Balaban J connectivity index is 3.14. The molecule has 0 aromatic heterocycles. The Kier molecular flexibility index (Phi) is 3.77. The van der Waals surface area contributed by atoms with Gasteiger partial charge in [0.25, 0.3) is 0 Å². The van der Waals surface area contributed by atoms with Gasteiger partial charge in [0.05, 0.1) is 0 Å². The van der Waals surface area contributed by atoms with E-state index in [-0.39, 0.29) is 0 Å². The van der Waals surface area contributed by atoms with Gasteiger partial charge in [-0.15, -0.1) is 0 Å². The van der Waals surface area contributed by atoms with Gasteiger partial charge in [-0.05, 0) is 0 Å². The molecule has 0 amide bonds. The van der Waals surface area contributed by atoms with E-state index in [4.69, 9.17) is 5.73 Å². The van der Waals surface area contributed by atoms with E-state index >= 15 is 0 Å². The van der Waals surface area contributed by atoms with Crippen molar-refractivity contribution >= 4 is 14.7 Å². The van der Waals surface area contributed by atoms with Crippen molar-refractivity contribution in [2.45, 2.75) is 29.6 Å². The molecule has 0 aromatic carbocycles. The summed E-state index contributed by atoms with van der Waals surface area (Å²) in [4.78, 5) is 0.549. The van der Waals surface area contributed by atoms with Gasteiger partial charge >= 0.3 is 50.0 Å². The topological polar surface area (TPSA) is 26.0 Å². The second kappa shape index (κ2) is 3.51. The van der Waals surface area contributed by atoms with Crippen LogP contribution in [0.25, 0.3) is 0 Å². The molecule has 44 valence electrons. The van der Waals surface area contributed by atoms with Gasteiger partial charge in [0.15, 0.2) is 0 Å². The third-order valence-corrected chi connectivity index (χ3v) is 4.63. The van der Waals surface area contributed by atoms with Crippen molar-refractivity contribution in [1.82, 2.24) is 0 Å². The van der Waals surface area contributed by atoms with E-state index in [0.29, 0.717) is 4.83 Å². The van der Waals surface area contributed by atoms with Crippen molar-refractivity contribution < 1.29 is 0 Å². The first-order valence-electron chi connectivity index (χ1n) is 2.60. The van der Waals surface area contributed by atoms with Gasteiger partial charge in [-0.1, -0.05) is 0 Å². The molecule has 0 aliphatic carbocycles. The summed E-state index contributed by atoms with van der Waals surface area (Å²) in [6.07, 6.45) is 1.16. The van der Waals surface area contributed by atoms with Crippen LogP contribution in [-0.2, 0) is 0 Å². The van der Waals surface area contributed by atoms with E-state index in [1.165, 1.54) is 0 Å². The Bertz CT molecular complexity index is 45.3. The van der Waals surface area contributed by atoms with E-state index in [2.05, 4.69) is 18.3 Å². The van der Waals surface area contributed by atoms with Crippen LogP contribution in [0.2, 0.25) is 11.4 Å². The minimum atomic E-state index is -0.543. The van der Waals surface area contributed by atoms with Crippen LogP contribution in [0.4, 0.5) is 0 Å². The molecule has 0 bridgehead atoms. The van der Waals surface area contributed by atoms with Crippen LogP contribution in [0, 0.1) is 0 Å². The van der Waals surface area contributed by atoms with Crippen molar-refractivity contribution in [3.05, 3.63) is 0 Å². The molecule has 7 heavy (non-hydrogen) atoms. The number of nitrogens with two attached hydrogens (primary N) is 1. The summed E-state index contributed by atoms with van der Waals surface area (Å²) in [5.74, 6) is 0. The molecule has 0 saturated carbocycles. The summed E-state index contributed by atoms with van der Waals surface area (Å²) in [6, 6.07) is 0. The van der Waals surface area contributed by atoms with E-state index in [1.807, 2.05) is 0 Å². The monoisotopic (exact) mass is 163 g/mol. The first kappa shape index (κ1) is 7.52. The van der Waals surface area contributed by atoms with Crippen molar-refractivity contribution in [2.75, 3.05) is 0 Å². The van der Waals surface area contributed by atoms with Crippen molar-refractivity contribution in [3.8, 4) is 0 Å². The zero-order valence-electron chi connectivity index (χ0n) is 5.31. The minimum absolute atomic E-state index is 0.543. The summed E-state index contributed by atoms with van der Waals surface area (Å²) >= 11 is -0.543. The zero-order valence-corrected chi connectivity index (χ0v) is 7.19. The molecule has 0 rings (SSSR count). The van der Waals surface area contributed by atoms with Crippen LogP contribution in [-0.4, -0.2) is 19.5 Å². The van der Waals surface area contributed by atoms with Crippen molar-refractivity contribution in [2.24, 2.45) is 5.73 Å². The molecule has 0 aliphatic rings. The quantitative estimate of drug-likeness (QED) is 0.604. The van der Waals surface area contributed by atoms with E-state index in [0.717, 1.165) is 6.42 Å². The molecule has 1 atom stereocenters. The van der Waals surface area contributed by atoms with Gasteiger partial charge in [0.2, 0.25) is 0 Å². The van der Waals surface area contributed by atoms with Crippen LogP contribution in [0.1, 0.15) is 13.3 Å². The summed E-state index contributed by atoms with van der Waals surface area (Å²) in [5.41, 5.74) is 10.3. The van der Waals surface area contributed by atoms with Gasteiger partial charge in [-0.25, -0.2) is 0 Å². The van der Waals surface area contributed by atoms with Crippen LogP contribution in [0.5, 0.6) is 0 Å². The zero-order chi connectivity index (χ0) is 5.86. The van der Waals surface area contributed by atoms with E-state index < -0.39 is 14.7 Å². The Hall–Kier alpha value is 0.518. The molecule has 0 heterocycles. The molecule has 2 heteroatoms. The summed E-state index contributed by atoms with van der Waals surface area (Å²) < 4.78 is 0. The number of rotatable bonds is 2. The average molecular weight is 163 g/mol. The fourth-order valence-electron chi connectivity index (χ4n) is 0.365. The molecule has 0 aromatic rings. The maximum atomic E-state index is 5.68. The van der Waals surface area contributed by atoms with Crippen LogP contribution in [0.15, 0.2) is 0 Å². The normalized spacial score (nSPS) is 15.0.